The number of benzene rings is 1. The van der Waals surface area contributed by atoms with E-state index in [1.54, 1.807) is 0 Å². The zero-order chi connectivity index (χ0) is 11.5. The first-order valence-corrected chi connectivity index (χ1v) is 5.63. The van der Waals surface area contributed by atoms with E-state index < -0.39 is 6.04 Å². The van der Waals surface area contributed by atoms with Crippen molar-refractivity contribution in [3.05, 3.63) is 35.4 Å². The van der Waals surface area contributed by atoms with Crippen LogP contribution in [0.25, 0.3) is 0 Å². The van der Waals surface area contributed by atoms with Crippen LogP contribution in [0, 0.1) is 0 Å². The summed E-state index contributed by atoms with van der Waals surface area (Å²) in [5.74, 6) is 0.0923. The third-order valence-electron chi connectivity index (χ3n) is 3.30. The number of nitrogens with two attached hydrogens (primary N) is 1. The minimum absolute atomic E-state index is 0.315. The predicted octanol–water partition coefficient (Wildman–Crippen LogP) is 1.61. The van der Waals surface area contributed by atoms with Crippen LogP contribution < -0.4 is 5.73 Å². The van der Waals surface area contributed by atoms with Crippen molar-refractivity contribution in [2.75, 3.05) is 7.11 Å². The van der Waals surface area contributed by atoms with Gasteiger partial charge in [-0.2, -0.15) is 0 Å². The van der Waals surface area contributed by atoms with Crippen LogP contribution in [0.2, 0.25) is 0 Å². The van der Waals surface area contributed by atoms with Crippen LogP contribution in [-0.2, 0) is 16.0 Å². The molecule has 1 aliphatic rings. The van der Waals surface area contributed by atoms with Gasteiger partial charge in [0.2, 0.25) is 0 Å². The van der Waals surface area contributed by atoms with E-state index in [2.05, 4.69) is 22.9 Å². The van der Waals surface area contributed by atoms with Crippen molar-refractivity contribution >= 4 is 5.97 Å². The zero-order valence-electron chi connectivity index (χ0n) is 9.48. The SMILES string of the molecule is COC(=O)[C@H](N)CC1CCc2ccccc21. The molecule has 2 atom stereocenters. The molecule has 3 nitrogen and oxygen atoms in total. The normalized spacial score (nSPS) is 20.2. The maximum Gasteiger partial charge on any atom is 0.322 e. The Bertz CT molecular complexity index is 389. The molecule has 3 heteroatoms. The van der Waals surface area contributed by atoms with Gasteiger partial charge in [0.1, 0.15) is 6.04 Å². The van der Waals surface area contributed by atoms with Gasteiger partial charge in [-0.05, 0) is 36.3 Å². The summed E-state index contributed by atoms with van der Waals surface area (Å²) < 4.78 is 4.65. The van der Waals surface area contributed by atoms with Crippen molar-refractivity contribution in [1.82, 2.24) is 0 Å². The van der Waals surface area contributed by atoms with Crippen molar-refractivity contribution in [2.45, 2.75) is 31.2 Å². The molecule has 1 aliphatic carbocycles. The summed E-state index contributed by atoms with van der Waals surface area (Å²) in [5.41, 5.74) is 8.53. The molecule has 1 aromatic carbocycles. The van der Waals surface area contributed by atoms with Gasteiger partial charge in [-0.3, -0.25) is 4.79 Å². The Morgan fingerprint density at radius 3 is 3.06 bits per heavy atom. The van der Waals surface area contributed by atoms with Crippen LogP contribution in [0.1, 0.15) is 29.9 Å². The molecule has 1 aromatic rings. The summed E-state index contributed by atoms with van der Waals surface area (Å²) in [6.07, 6.45) is 2.86. The first-order chi connectivity index (χ1) is 7.72. The average Bonchev–Trinajstić information content (AvgIpc) is 2.72. The van der Waals surface area contributed by atoms with E-state index in [9.17, 15) is 4.79 Å². The summed E-state index contributed by atoms with van der Waals surface area (Å²) in [6.45, 7) is 0. The van der Waals surface area contributed by atoms with Crippen molar-refractivity contribution in [1.29, 1.82) is 0 Å². The monoisotopic (exact) mass is 219 g/mol. The number of rotatable bonds is 3. The Kier molecular flexibility index (Phi) is 3.25. The maximum atomic E-state index is 11.3. The second kappa shape index (κ2) is 4.66. The molecule has 0 bridgehead atoms. The van der Waals surface area contributed by atoms with E-state index in [0.29, 0.717) is 12.3 Å². The summed E-state index contributed by atoms with van der Waals surface area (Å²) in [4.78, 5) is 11.3. The molecule has 1 unspecified atom stereocenters. The minimum Gasteiger partial charge on any atom is -0.468 e. The summed E-state index contributed by atoms with van der Waals surface area (Å²) in [7, 11) is 1.38. The van der Waals surface area contributed by atoms with E-state index in [1.165, 1.54) is 18.2 Å². The highest BCUT2D eigenvalue weighted by atomic mass is 16.5. The molecule has 2 N–H and O–H groups in total. The number of ether oxygens (including phenoxy) is 1. The van der Waals surface area contributed by atoms with E-state index >= 15 is 0 Å². The second-order valence-corrected chi connectivity index (χ2v) is 4.30. The van der Waals surface area contributed by atoms with Gasteiger partial charge in [0.05, 0.1) is 7.11 Å². The molecule has 0 aliphatic heterocycles. The number of methoxy groups -OCH3 is 1. The smallest absolute Gasteiger partial charge is 0.322 e. The maximum absolute atomic E-state index is 11.3. The van der Waals surface area contributed by atoms with Crippen molar-refractivity contribution in [2.24, 2.45) is 5.73 Å². The molecule has 16 heavy (non-hydrogen) atoms. The Labute approximate surface area is 95.6 Å². The molecule has 0 saturated carbocycles. The highest BCUT2D eigenvalue weighted by Crippen LogP contribution is 2.35. The molecule has 0 amide bonds. The number of aryl methyl sites for hydroxylation is 1. The molecule has 86 valence electrons. The molecule has 0 heterocycles. The lowest BCUT2D eigenvalue weighted by atomic mass is 9.94. The van der Waals surface area contributed by atoms with Crippen LogP contribution in [0.5, 0.6) is 0 Å². The van der Waals surface area contributed by atoms with Gasteiger partial charge in [0.15, 0.2) is 0 Å². The summed E-state index contributed by atoms with van der Waals surface area (Å²) in [6, 6.07) is 7.89. The fourth-order valence-electron chi connectivity index (χ4n) is 2.44. The summed E-state index contributed by atoms with van der Waals surface area (Å²) >= 11 is 0. The van der Waals surface area contributed by atoms with E-state index in [4.69, 9.17) is 5.73 Å². The molecule has 0 aromatic heterocycles. The van der Waals surface area contributed by atoms with Crippen LogP contribution in [0.3, 0.4) is 0 Å². The number of fused-ring (bicyclic) bond motifs is 1. The van der Waals surface area contributed by atoms with Gasteiger partial charge in [0, 0.05) is 0 Å². The molecule has 2 rings (SSSR count). The lowest BCUT2D eigenvalue weighted by Gasteiger charge is -2.15. The van der Waals surface area contributed by atoms with Crippen LogP contribution in [-0.4, -0.2) is 19.1 Å². The number of hydrogen-bond acceptors (Lipinski definition) is 3. The molecule has 0 saturated heterocycles. The standard InChI is InChI=1S/C13H17NO2/c1-16-13(15)12(14)8-10-7-6-9-4-2-3-5-11(9)10/h2-5,10,12H,6-8,14H2,1H3/t10?,12-/m1/s1. The van der Waals surface area contributed by atoms with Crippen molar-refractivity contribution in [3.8, 4) is 0 Å². The average molecular weight is 219 g/mol. The first kappa shape index (κ1) is 11.1. The van der Waals surface area contributed by atoms with Gasteiger partial charge in [-0.15, -0.1) is 0 Å². The van der Waals surface area contributed by atoms with Gasteiger partial charge in [-0.1, -0.05) is 24.3 Å². The number of carbonyl (C=O) groups excluding carboxylic acids is 1. The van der Waals surface area contributed by atoms with E-state index in [-0.39, 0.29) is 5.97 Å². The minimum atomic E-state index is -0.499. The Hall–Kier alpha value is -1.35. The zero-order valence-corrected chi connectivity index (χ0v) is 9.48. The Balaban J connectivity index is 2.06. The van der Waals surface area contributed by atoms with E-state index in [1.807, 2.05) is 6.07 Å². The van der Waals surface area contributed by atoms with E-state index in [0.717, 1.165) is 12.8 Å². The molecule has 0 radical (unpaired) electrons. The third kappa shape index (κ3) is 2.09. The number of esters is 1. The van der Waals surface area contributed by atoms with Crippen LogP contribution >= 0.6 is 0 Å². The van der Waals surface area contributed by atoms with Gasteiger partial charge in [-0.25, -0.2) is 0 Å². The lowest BCUT2D eigenvalue weighted by Crippen LogP contribution is -2.32. The molecule has 0 spiro atoms. The van der Waals surface area contributed by atoms with Gasteiger partial charge in [0.25, 0.3) is 0 Å². The summed E-state index contributed by atoms with van der Waals surface area (Å²) in [5, 5.41) is 0. The van der Waals surface area contributed by atoms with Gasteiger partial charge >= 0.3 is 5.97 Å². The quantitative estimate of drug-likeness (QED) is 0.786. The first-order valence-electron chi connectivity index (χ1n) is 5.63. The molecular formula is C13H17NO2. The third-order valence-corrected chi connectivity index (χ3v) is 3.30. The Morgan fingerprint density at radius 2 is 2.31 bits per heavy atom. The Morgan fingerprint density at radius 1 is 1.56 bits per heavy atom. The fraction of sp³-hybridized carbons (Fsp3) is 0.462. The number of carbonyl (C=O) groups is 1. The predicted molar refractivity (Wildman–Crippen MR) is 62.1 cm³/mol. The highest BCUT2D eigenvalue weighted by molar-refractivity contribution is 5.75. The fourth-order valence-corrected chi connectivity index (χ4v) is 2.44. The topological polar surface area (TPSA) is 52.3 Å². The van der Waals surface area contributed by atoms with Crippen LogP contribution in [0.4, 0.5) is 0 Å². The molecular weight excluding hydrogens is 202 g/mol. The number of hydrogen-bond donors (Lipinski definition) is 1. The largest absolute Gasteiger partial charge is 0.468 e. The van der Waals surface area contributed by atoms with Gasteiger partial charge < -0.3 is 10.5 Å². The second-order valence-electron chi connectivity index (χ2n) is 4.30. The van der Waals surface area contributed by atoms with Crippen molar-refractivity contribution in [3.63, 3.8) is 0 Å². The molecule has 0 fully saturated rings. The van der Waals surface area contributed by atoms with Crippen molar-refractivity contribution < 1.29 is 9.53 Å². The lowest BCUT2D eigenvalue weighted by molar-refractivity contribution is -0.142. The van der Waals surface area contributed by atoms with Crippen LogP contribution in [0.15, 0.2) is 24.3 Å². The highest BCUT2D eigenvalue weighted by Gasteiger charge is 2.26.